The molecular weight excluding hydrogens is 679 g/mol. The van der Waals surface area contributed by atoms with E-state index in [9.17, 15) is 18.0 Å². The summed E-state index contributed by atoms with van der Waals surface area (Å²) >= 11 is 0. The molecule has 0 aromatic heterocycles. The number of sulfonamides is 1. The first-order valence-corrected chi connectivity index (χ1v) is 21.3. The highest BCUT2D eigenvalue weighted by molar-refractivity contribution is 7.90. The van der Waals surface area contributed by atoms with Crippen LogP contribution in [-0.2, 0) is 19.6 Å². The van der Waals surface area contributed by atoms with Gasteiger partial charge < -0.3 is 10.6 Å². The van der Waals surface area contributed by atoms with Gasteiger partial charge in [-0.2, -0.15) is 0 Å². The summed E-state index contributed by atoms with van der Waals surface area (Å²) in [5, 5.41) is 5.84. The monoisotopic (exact) mass is 778 g/mol. The number of carbonyl (C=O) groups excluding carboxylic acids is 2. The number of rotatable bonds is 2. The lowest BCUT2D eigenvalue weighted by molar-refractivity contribution is -0.130. The van der Waals surface area contributed by atoms with Crippen molar-refractivity contribution in [1.29, 1.82) is 0 Å². The maximum absolute atomic E-state index is 11.6. The molecule has 0 heterocycles. The highest BCUT2D eigenvalue weighted by Gasteiger charge is 2.32. The van der Waals surface area contributed by atoms with Crippen molar-refractivity contribution in [2.24, 2.45) is 32.5 Å². The lowest BCUT2D eigenvalue weighted by Gasteiger charge is -2.28. The van der Waals surface area contributed by atoms with Gasteiger partial charge in [0.15, 0.2) is 0 Å². The average Bonchev–Trinajstić information content (AvgIpc) is 2.70. The molecule has 0 spiro atoms. The van der Waals surface area contributed by atoms with Crippen molar-refractivity contribution in [1.82, 2.24) is 15.4 Å². The van der Waals surface area contributed by atoms with Crippen LogP contribution in [0.25, 0.3) is 0 Å². The van der Waals surface area contributed by atoms with E-state index in [-0.39, 0.29) is 33.7 Å². The fourth-order valence-corrected chi connectivity index (χ4v) is 5.07. The molecule has 0 fully saturated rings. The second-order valence-corrected chi connectivity index (χ2v) is 28.2. The Balaban J connectivity index is -0.000000182. The molecule has 2 amide bonds. The van der Waals surface area contributed by atoms with E-state index in [1.54, 1.807) is 20.8 Å². The SMILES string of the molecule is CC(C)(C)CC(C)(C)C.CC(C)(C)CCC(C)(C)C.CC(C)(C)NC(=O)C(C)(C)C.CC(C)(C)NC(=O)C(C)(C)C.CC(C)(C)NS(=O)(=O)C(C)(C)C. The zero-order valence-electron chi connectivity index (χ0n) is 41.7. The predicted molar refractivity (Wildman–Crippen MR) is 238 cm³/mol. The van der Waals surface area contributed by atoms with Crippen molar-refractivity contribution < 1.29 is 18.0 Å². The molecule has 0 saturated carbocycles. The quantitative estimate of drug-likeness (QED) is 0.260. The third-order valence-corrected chi connectivity index (χ3v) is 8.77. The molecule has 0 rings (SSSR count). The Morgan fingerprint density at radius 2 is 0.604 bits per heavy atom. The second kappa shape index (κ2) is 21.4. The van der Waals surface area contributed by atoms with E-state index in [1.807, 2.05) is 104 Å². The smallest absolute Gasteiger partial charge is 0.225 e. The summed E-state index contributed by atoms with van der Waals surface area (Å²) in [6, 6.07) is 0. The van der Waals surface area contributed by atoms with Crippen molar-refractivity contribution in [3.63, 3.8) is 0 Å². The fourth-order valence-electron chi connectivity index (χ4n) is 3.95. The molecule has 0 aliphatic carbocycles. The van der Waals surface area contributed by atoms with Gasteiger partial charge in [0.25, 0.3) is 0 Å². The van der Waals surface area contributed by atoms with E-state index >= 15 is 0 Å². The number of hydrogen-bond acceptors (Lipinski definition) is 4. The summed E-state index contributed by atoms with van der Waals surface area (Å²) in [5.41, 5.74) is 0.776. The van der Waals surface area contributed by atoms with Crippen molar-refractivity contribution >= 4 is 21.8 Å². The fraction of sp³-hybridized carbons (Fsp3) is 0.956. The van der Waals surface area contributed by atoms with Crippen molar-refractivity contribution in [3.05, 3.63) is 0 Å². The summed E-state index contributed by atoms with van der Waals surface area (Å²) in [6.07, 6.45) is 3.95. The normalized spacial score (nSPS) is 13.7. The first-order valence-electron chi connectivity index (χ1n) is 19.8. The first-order chi connectivity index (χ1) is 22.1. The Labute approximate surface area is 335 Å². The molecule has 0 aromatic carbocycles. The minimum absolute atomic E-state index is 0.102. The highest BCUT2D eigenvalue weighted by atomic mass is 32.2. The molecule has 3 N–H and O–H groups in total. The molecule has 53 heavy (non-hydrogen) atoms. The molecule has 0 aliphatic rings. The van der Waals surface area contributed by atoms with Gasteiger partial charge in [-0.25, -0.2) is 13.1 Å². The zero-order chi connectivity index (χ0) is 44.9. The van der Waals surface area contributed by atoms with E-state index in [0.717, 1.165) is 0 Å². The standard InChI is InChI=1S/C10H22.2C9H19NO.C9H20.C8H19NO2S/c1-9(2,3)7-8-10(4,5)6;2*1-8(2,3)7(11)10-9(4,5)6;1-8(2,3)7-9(4,5)6;1-7(2,3)9-12(10,11)8(4,5)6/h7-8H2,1-6H3;2*1-6H3,(H,10,11);7H2,1-6H3;9H,1-6H3. The van der Waals surface area contributed by atoms with E-state index in [0.29, 0.717) is 21.7 Å². The number of hydrogen-bond donors (Lipinski definition) is 3. The maximum atomic E-state index is 11.6. The summed E-state index contributed by atoms with van der Waals surface area (Å²) in [7, 11) is -3.21. The number of amides is 2. The van der Waals surface area contributed by atoms with E-state index in [2.05, 4.69) is 98.4 Å². The van der Waals surface area contributed by atoms with Gasteiger partial charge in [0, 0.05) is 27.4 Å². The molecule has 8 heteroatoms. The van der Waals surface area contributed by atoms with Crippen LogP contribution in [0.2, 0.25) is 0 Å². The van der Waals surface area contributed by atoms with Crippen LogP contribution in [0.1, 0.15) is 227 Å². The topological polar surface area (TPSA) is 104 Å². The van der Waals surface area contributed by atoms with E-state index in [4.69, 9.17) is 0 Å². The minimum atomic E-state index is -3.21. The third-order valence-electron chi connectivity index (χ3n) is 6.27. The number of nitrogens with one attached hydrogen (secondary N) is 3. The van der Waals surface area contributed by atoms with Gasteiger partial charge in [-0.3, -0.25) is 9.59 Å². The Morgan fingerprint density at radius 1 is 0.377 bits per heavy atom. The van der Waals surface area contributed by atoms with E-state index < -0.39 is 20.3 Å². The molecule has 0 aromatic rings. The van der Waals surface area contributed by atoms with Crippen LogP contribution in [0.4, 0.5) is 0 Å². The van der Waals surface area contributed by atoms with Crippen LogP contribution in [-0.4, -0.2) is 41.6 Å². The van der Waals surface area contributed by atoms with Gasteiger partial charge in [-0.05, 0) is 124 Å². The van der Waals surface area contributed by atoms with Gasteiger partial charge in [0.05, 0.1) is 4.75 Å². The van der Waals surface area contributed by atoms with Crippen molar-refractivity contribution in [3.8, 4) is 0 Å². The van der Waals surface area contributed by atoms with Gasteiger partial charge >= 0.3 is 0 Å². The average molecular weight is 778 g/mol. The highest BCUT2D eigenvalue weighted by Crippen LogP contribution is 2.32. The molecule has 0 radical (unpaired) electrons. The molecule has 7 nitrogen and oxygen atoms in total. The predicted octanol–water partition coefficient (Wildman–Crippen LogP) is 12.7. The molecule has 0 unspecified atom stereocenters. The zero-order valence-corrected chi connectivity index (χ0v) is 42.5. The second-order valence-electron chi connectivity index (χ2n) is 25.8. The molecule has 324 valence electrons. The molecule has 0 atom stereocenters. The van der Waals surface area contributed by atoms with Crippen LogP contribution in [0.5, 0.6) is 0 Å². The molecular formula is C45H99N3O4S. The van der Waals surface area contributed by atoms with Crippen LogP contribution < -0.4 is 15.4 Å². The van der Waals surface area contributed by atoms with Crippen molar-refractivity contribution in [2.45, 2.75) is 248 Å². The molecule has 0 saturated heterocycles. The Morgan fingerprint density at radius 3 is 0.660 bits per heavy atom. The Hall–Kier alpha value is -1.15. The summed E-state index contributed by atoms with van der Waals surface area (Å²) in [4.78, 5) is 22.7. The molecule has 0 bridgehead atoms. The van der Waals surface area contributed by atoms with Gasteiger partial charge in [0.1, 0.15) is 0 Å². The minimum Gasteiger partial charge on any atom is -0.351 e. The Kier molecular flexibility index (Phi) is 24.7. The lowest BCUT2D eigenvalue weighted by Crippen LogP contribution is -2.48. The molecule has 0 aliphatic heterocycles. The lowest BCUT2D eigenvalue weighted by atomic mass is 9.78. The largest absolute Gasteiger partial charge is 0.351 e. The first kappa shape index (κ1) is 61.1. The van der Waals surface area contributed by atoms with Crippen LogP contribution in [0, 0.1) is 32.5 Å². The van der Waals surface area contributed by atoms with Crippen molar-refractivity contribution in [2.75, 3.05) is 0 Å². The van der Waals surface area contributed by atoms with Gasteiger partial charge in [0.2, 0.25) is 21.8 Å². The van der Waals surface area contributed by atoms with Crippen LogP contribution in [0.15, 0.2) is 0 Å². The van der Waals surface area contributed by atoms with E-state index in [1.165, 1.54) is 19.3 Å². The van der Waals surface area contributed by atoms with Crippen LogP contribution >= 0.6 is 0 Å². The number of carbonyl (C=O) groups is 2. The summed E-state index contributed by atoms with van der Waals surface area (Å²) in [5.74, 6) is 0.204. The van der Waals surface area contributed by atoms with Crippen LogP contribution in [0.3, 0.4) is 0 Å². The summed E-state index contributed by atoms with van der Waals surface area (Å²) in [6.45, 7) is 61.5. The van der Waals surface area contributed by atoms with Gasteiger partial charge in [-0.15, -0.1) is 0 Å². The van der Waals surface area contributed by atoms with Gasteiger partial charge in [-0.1, -0.05) is 125 Å². The Bertz CT molecular complexity index is 1070. The third kappa shape index (κ3) is 50.8. The maximum Gasteiger partial charge on any atom is 0.225 e. The summed E-state index contributed by atoms with van der Waals surface area (Å²) < 4.78 is 25.0.